The second-order valence-corrected chi connectivity index (χ2v) is 6.72. The minimum absolute atomic E-state index is 0.0895. The van der Waals surface area contributed by atoms with Crippen LogP contribution in [-0.2, 0) is 11.2 Å². The van der Waals surface area contributed by atoms with Crippen LogP contribution < -0.4 is 10.7 Å². The van der Waals surface area contributed by atoms with Crippen LogP contribution in [0.5, 0.6) is 5.75 Å². The van der Waals surface area contributed by atoms with Gasteiger partial charge in [-0.3, -0.25) is 4.79 Å². The zero-order chi connectivity index (χ0) is 19.9. The molecule has 1 amide bonds. The Balaban J connectivity index is 1.69. The van der Waals surface area contributed by atoms with Gasteiger partial charge in [-0.05, 0) is 35.9 Å². The van der Waals surface area contributed by atoms with Gasteiger partial charge in [-0.1, -0.05) is 59.6 Å². The molecule has 0 unspecified atom stereocenters. The number of nitrogens with zero attached hydrogens (tertiary/aromatic N) is 1. The van der Waals surface area contributed by atoms with Crippen molar-refractivity contribution in [3.63, 3.8) is 0 Å². The number of benzene rings is 3. The molecule has 0 fully saturated rings. The number of hydrazone groups is 1. The quantitative estimate of drug-likeness (QED) is 0.387. The third-order valence-corrected chi connectivity index (χ3v) is 4.55. The van der Waals surface area contributed by atoms with Crippen LogP contribution in [0.25, 0.3) is 0 Å². The molecule has 3 N–H and O–H groups in total. The molecule has 7 heteroatoms. The number of rotatable bonds is 6. The summed E-state index contributed by atoms with van der Waals surface area (Å²) in [7, 11) is 0. The zero-order valence-electron chi connectivity index (χ0n) is 14.7. The van der Waals surface area contributed by atoms with Gasteiger partial charge in [-0.15, -0.1) is 0 Å². The molecule has 28 heavy (non-hydrogen) atoms. The second-order valence-electron chi connectivity index (χ2n) is 5.91. The molecule has 3 aromatic rings. The lowest BCUT2D eigenvalue weighted by Gasteiger charge is -2.14. The standard InChI is InChI=1S/C21H17Cl2N3O2/c22-16-8-5-9-17(23)21(16)25-18-10-3-1-6-14(18)12-20(28)26-24-13-15-7-2-4-11-19(15)27/h1-11,13,25,27H,12H2,(H,26,28)/b24-13+. The van der Waals surface area contributed by atoms with Crippen molar-refractivity contribution in [3.05, 3.63) is 87.9 Å². The molecule has 5 nitrogen and oxygen atoms in total. The van der Waals surface area contributed by atoms with Crippen LogP contribution in [0.15, 0.2) is 71.8 Å². The first-order valence-corrected chi connectivity index (χ1v) is 9.19. The summed E-state index contributed by atoms with van der Waals surface area (Å²) in [6, 6.07) is 19.3. The Bertz CT molecular complexity index is 1000. The van der Waals surface area contributed by atoms with Gasteiger partial charge in [0, 0.05) is 11.3 Å². The van der Waals surface area contributed by atoms with E-state index in [4.69, 9.17) is 23.2 Å². The number of hydrogen-bond acceptors (Lipinski definition) is 4. The van der Waals surface area contributed by atoms with Crippen LogP contribution in [0.4, 0.5) is 11.4 Å². The average molecular weight is 414 g/mol. The highest BCUT2D eigenvalue weighted by molar-refractivity contribution is 6.39. The molecule has 0 aliphatic carbocycles. The summed E-state index contributed by atoms with van der Waals surface area (Å²) in [5.41, 5.74) is 5.03. The summed E-state index contributed by atoms with van der Waals surface area (Å²) in [6.45, 7) is 0. The predicted octanol–water partition coefficient (Wildman–Crippen LogP) is 5.14. The lowest BCUT2D eigenvalue weighted by atomic mass is 10.1. The number of hydrogen-bond donors (Lipinski definition) is 3. The van der Waals surface area contributed by atoms with E-state index in [1.54, 1.807) is 42.5 Å². The van der Waals surface area contributed by atoms with Gasteiger partial charge in [-0.2, -0.15) is 5.10 Å². The average Bonchev–Trinajstić information content (AvgIpc) is 2.67. The normalized spacial score (nSPS) is 10.8. The molecule has 0 aliphatic rings. The number of carbonyl (C=O) groups is 1. The van der Waals surface area contributed by atoms with Crippen molar-refractivity contribution in [2.24, 2.45) is 5.10 Å². The Morgan fingerprint density at radius 3 is 2.39 bits per heavy atom. The van der Waals surface area contributed by atoms with Gasteiger partial charge in [0.25, 0.3) is 0 Å². The van der Waals surface area contributed by atoms with Crippen molar-refractivity contribution in [1.82, 2.24) is 5.43 Å². The number of aromatic hydroxyl groups is 1. The van der Waals surface area contributed by atoms with Crippen molar-refractivity contribution in [2.75, 3.05) is 5.32 Å². The number of carbonyl (C=O) groups excluding carboxylic acids is 1. The van der Waals surface area contributed by atoms with E-state index in [2.05, 4.69) is 15.8 Å². The molecule has 0 saturated heterocycles. The van der Waals surface area contributed by atoms with Gasteiger partial charge in [0.15, 0.2) is 0 Å². The van der Waals surface area contributed by atoms with Gasteiger partial charge in [0.2, 0.25) is 5.91 Å². The Morgan fingerprint density at radius 2 is 1.64 bits per heavy atom. The van der Waals surface area contributed by atoms with Crippen molar-refractivity contribution >= 4 is 46.7 Å². The van der Waals surface area contributed by atoms with Gasteiger partial charge < -0.3 is 10.4 Å². The van der Waals surface area contributed by atoms with Crippen LogP contribution in [0.2, 0.25) is 10.0 Å². The van der Waals surface area contributed by atoms with E-state index in [1.807, 2.05) is 24.3 Å². The largest absolute Gasteiger partial charge is 0.507 e. The Labute approximate surface area is 172 Å². The highest BCUT2D eigenvalue weighted by Gasteiger charge is 2.11. The smallest absolute Gasteiger partial charge is 0.244 e. The molecule has 0 atom stereocenters. The van der Waals surface area contributed by atoms with Crippen LogP contribution in [0.1, 0.15) is 11.1 Å². The maximum Gasteiger partial charge on any atom is 0.244 e. The number of phenolic OH excluding ortho intramolecular Hbond substituents is 1. The van der Waals surface area contributed by atoms with E-state index in [1.165, 1.54) is 6.21 Å². The molecule has 0 saturated carbocycles. The Kier molecular flexibility index (Phi) is 6.53. The number of phenols is 1. The highest BCUT2D eigenvalue weighted by Crippen LogP contribution is 2.33. The summed E-state index contributed by atoms with van der Waals surface area (Å²) in [5, 5.41) is 17.8. The number of amides is 1. The van der Waals surface area contributed by atoms with Crippen LogP contribution >= 0.6 is 23.2 Å². The fourth-order valence-electron chi connectivity index (χ4n) is 2.53. The maximum atomic E-state index is 12.3. The fraction of sp³-hybridized carbons (Fsp3) is 0.0476. The first-order valence-electron chi connectivity index (χ1n) is 8.43. The third-order valence-electron chi connectivity index (χ3n) is 3.92. The minimum Gasteiger partial charge on any atom is -0.507 e. The fourth-order valence-corrected chi connectivity index (χ4v) is 3.02. The molecular formula is C21H17Cl2N3O2. The summed E-state index contributed by atoms with van der Waals surface area (Å²) in [5.74, 6) is -0.210. The molecule has 3 rings (SSSR count). The first kappa shape index (κ1) is 19.7. The number of para-hydroxylation sites is 3. The summed E-state index contributed by atoms with van der Waals surface area (Å²) < 4.78 is 0. The molecule has 0 bridgehead atoms. The van der Waals surface area contributed by atoms with Gasteiger partial charge in [0.1, 0.15) is 5.75 Å². The summed E-state index contributed by atoms with van der Waals surface area (Å²) >= 11 is 12.4. The maximum absolute atomic E-state index is 12.3. The molecule has 0 aromatic heterocycles. The van der Waals surface area contributed by atoms with Gasteiger partial charge >= 0.3 is 0 Å². The van der Waals surface area contributed by atoms with Crippen LogP contribution in [-0.4, -0.2) is 17.2 Å². The van der Waals surface area contributed by atoms with Crippen LogP contribution in [0, 0.1) is 0 Å². The summed E-state index contributed by atoms with van der Waals surface area (Å²) in [6.07, 6.45) is 1.49. The Hall–Kier alpha value is -3.02. The molecule has 0 spiro atoms. The van der Waals surface area contributed by atoms with Gasteiger partial charge in [0.05, 0.1) is 28.4 Å². The van der Waals surface area contributed by atoms with Crippen molar-refractivity contribution < 1.29 is 9.90 Å². The SMILES string of the molecule is O=C(Cc1ccccc1Nc1c(Cl)cccc1Cl)N/N=C/c1ccccc1O. The van der Waals surface area contributed by atoms with Crippen molar-refractivity contribution in [3.8, 4) is 5.75 Å². The monoisotopic (exact) mass is 413 g/mol. The lowest BCUT2D eigenvalue weighted by molar-refractivity contribution is -0.120. The third kappa shape index (κ3) is 5.03. The Morgan fingerprint density at radius 1 is 0.964 bits per heavy atom. The van der Waals surface area contributed by atoms with E-state index >= 15 is 0 Å². The van der Waals surface area contributed by atoms with Crippen molar-refractivity contribution in [1.29, 1.82) is 0 Å². The van der Waals surface area contributed by atoms with Crippen molar-refractivity contribution in [2.45, 2.75) is 6.42 Å². The van der Waals surface area contributed by atoms with E-state index in [0.717, 1.165) is 11.3 Å². The van der Waals surface area contributed by atoms with E-state index in [9.17, 15) is 9.90 Å². The van der Waals surface area contributed by atoms with E-state index in [0.29, 0.717) is 21.3 Å². The first-order chi connectivity index (χ1) is 13.5. The number of anilines is 2. The predicted molar refractivity (Wildman–Crippen MR) is 114 cm³/mol. The second kappa shape index (κ2) is 9.26. The summed E-state index contributed by atoms with van der Waals surface area (Å²) in [4.78, 5) is 12.3. The molecule has 0 heterocycles. The molecule has 0 radical (unpaired) electrons. The molecular weight excluding hydrogens is 397 g/mol. The van der Waals surface area contributed by atoms with Crippen LogP contribution in [0.3, 0.4) is 0 Å². The molecule has 0 aliphatic heterocycles. The van der Waals surface area contributed by atoms with E-state index in [-0.39, 0.29) is 18.1 Å². The highest BCUT2D eigenvalue weighted by atomic mass is 35.5. The van der Waals surface area contributed by atoms with Gasteiger partial charge in [-0.25, -0.2) is 5.43 Å². The molecule has 3 aromatic carbocycles. The molecule has 142 valence electrons. The number of nitrogens with one attached hydrogen (secondary N) is 2. The van der Waals surface area contributed by atoms with E-state index < -0.39 is 0 Å². The zero-order valence-corrected chi connectivity index (χ0v) is 16.2. The minimum atomic E-state index is -0.300. The number of halogens is 2. The lowest BCUT2D eigenvalue weighted by Crippen LogP contribution is -2.20. The topological polar surface area (TPSA) is 73.7 Å².